The molecule has 0 unspecified atom stereocenters. The molecule has 33 heavy (non-hydrogen) atoms. The third-order valence-corrected chi connectivity index (χ3v) is 5.67. The molecule has 0 atom stereocenters. The topological polar surface area (TPSA) is 79.6 Å². The first-order valence-corrected chi connectivity index (χ1v) is 10.9. The summed E-state index contributed by atoms with van der Waals surface area (Å²) >= 11 is 0. The highest BCUT2D eigenvalue weighted by atomic mass is 16.5. The van der Waals surface area contributed by atoms with Gasteiger partial charge in [0.15, 0.2) is 17.3 Å². The molecule has 1 aromatic heterocycles. The number of benzene rings is 2. The van der Waals surface area contributed by atoms with E-state index in [2.05, 4.69) is 4.90 Å². The second-order valence-corrected chi connectivity index (χ2v) is 7.68. The molecule has 0 amide bonds. The quantitative estimate of drug-likeness (QED) is 0.453. The van der Waals surface area contributed by atoms with E-state index in [1.165, 1.54) is 0 Å². The minimum atomic E-state index is -0.227. The summed E-state index contributed by atoms with van der Waals surface area (Å²) in [5, 5.41) is 0.434. The zero-order valence-corrected chi connectivity index (χ0v) is 19.2. The molecule has 0 aliphatic carbocycles. The van der Waals surface area contributed by atoms with E-state index in [0.717, 1.165) is 39.3 Å². The van der Waals surface area contributed by atoms with Gasteiger partial charge in [-0.25, -0.2) is 0 Å². The van der Waals surface area contributed by atoms with Gasteiger partial charge in [-0.15, -0.1) is 0 Å². The lowest BCUT2D eigenvalue weighted by Crippen LogP contribution is -2.37. The van der Waals surface area contributed by atoms with Gasteiger partial charge in [0.2, 0.25) is 11.2 Å². The highest BCUT2D eigenvalue weighted by molar-refractivity contribution is 5.83. The van der Waals surface area contributed by atoms with E-state index in [9.17, 15) is 4.79 Å². The van der Waals surface area contributed by atoms with Gasteiger partial charge in [0, 0.05) is 31.3 Å². The Bertz CT molecular complexity index is 1150. The Labute approximate surface area is 192 Å². The van der Waals surface area contributed by atoms with Crippen LogP contribution in [-0.4, -0.2) is 65.7 Å². The summed E-state index contributed by atoms with van der Waals surface area (Å²) < 4.78 is 33.7. The van der Waals surface area contributed by atoms with Gasteiger partial charge in [0.1, 0.15) is 11.3 Å². The van der Waals surface area contributed by atoms with Crippen molar-refractivity contribution in [3.63, 3.8) is 0 Å². The molecule has 3 aromatic rings. The zero-order chi connectivity index (χ0) is 23.2. The number of morpholine rings is 1. The standard InChI is InChI=1S/C25H29NO7/c1-28-18-6-7-19-21(16-18)33-24(17-5-8-20(29-2)22(15-17)30-3)25(23(19)27)32-12-4-9-26-10-13-31-14-11-26/h5-8,15-16H,4,9-14H2,1-3H3. The fourth-order valence-electron chi connectivity index (χ4n) is 3.87. The molecule has 0 N–H and O–H groups in total. The lowest BCUT2D eigenvalue weighted by Gasteiger charge is -2.26. The predicted molar refractivity (Wildman–Crippen MR) is 125 cm³/mol. The van der Waals surface area contributed by atoms with Crippen LogP contribution in [0, 0.1) is 0 Å². The minimum Gasteiger partial charge on any atom is -0.497 e. The van der Waals surface area contributed by atoms with Crippen molar-refractivity contribution in [3.8, 4) is 34.3 Å². The summed E-state index contributed by atoms with van der Waals surface area (Å²) in [6.45, 7) is 4.60. The lowest BCUT2D eigenvalue weighted by molar-refractivity contribution is 0.0357. The maximum absolute atomic E-state index is 13.4. The summed E-state index contributed by atoms with van der Waals surface area (Å²) in [7, 11) is 4.70. The largest absolute Gasteiger partial charge is 0.497 e. The monoisotopic (exact) mass is 455 g/mol. The molecular weight excluding hydrogens is 426 g/mol. The molecule has 1 fully saturated rings. The zero-order valence-electron chi connectivity index (χ0n) is 19.2. The second-order valence-electron chi connectivity index (χ2n) is 7.68. The number of ether oxygens (including phenoxy) is 5. The lowest BCUT2D eigenvalue weighted by atomic mass is 10.1. The van der Waals surface area contributed by atoms with E-state index in [4.69, 9.17) is 28.1 Å². The van der Waals surface area contributed by atoms with Gasteiger partial charge < -0.3 is 28.1 Å². The molecule has 4 rings (SSSR count). The molecule has 0 spiro atoms. The van der Waals surface area contributed by atoms with Crippen LogP contribution in [0.25, 0.3) is 22.3 Å². The summed E-state index contributed by atoms with van der Waals surface area (Å²) in [4.78, 5) is 15.7. The fourth-order valence-corrected chi connectivity index (χ4v) is 3.87. The van der Waals surface area contributed by atoms with Crippen LogP contribution in [0.1, 0.15) is 6.42 Å². The van der Waals surface area contributed by atoms with Crippen LogP contribution in [0.3, 0.4) is 0 Å². The van der Waals surface area contributed by atoms with Gasteiger partial charge in [-0.3, -0.25) is 9.69 Å². The Morgan fingerprint density at radius 2 is 1.73 bits per heavy atom. The van der Waals surface area contributed by atoms with Gasteiger partial charge in [-0.2, -0.15) is 0 Å². The van der Waals surface area contributed by atoms with Gasteiger partial charge in [0.25, 0.3) is 0 Å². The molecule has 1 saturated heterocycles. The molecule has 0 radical (unpaired) electrons. The molecule has 176 valence electrons. The fraction of sp³-hybridized carbons (Fsp3) is 0.400. The summed E-state index contributed by atoms with van der Waals surface area (Å²) in [6.07, 6.45) is 0.783. The third-order valence-electron chi connectivity index (χ3n) is 5.67. The van der Waals surface area contributed by atoms with Crippen LogP contribution < -0.4 is 24.4 Å². The first-order chi connectivity index (χ1) is 16.1. The Morgan fingerprint density at radius 1 is 0.939 bits per heavy atom. The Morgan fingerprint density at radius 3 is 2.45 bits per heavy atom. The highest BCUT2D eigenvalue weighted by Gasteiger charge is 2.20. The number of nitrogens with zero attached hydrogens (tertiary/aromatic N) is 1. The van der Waals surface area contributed by atoms with E-state index in [-0.39, 0.29) is 11.2 Å². The second kappa shape index (κ2) is 10.6. The van der Waals surface area contributed by atoms with Crippen LogP contribution in [-0.2, 0) is 4.74 Å². The number of hydrogen-bond acceptors (Lipinski definition) is 8. The van der Waals surface area contributed by atoms with E-state index in [1.807, 2.05) is 6.07 Å². The molecule has 1 aliphatic rings. The Hall–Kier alpha value is -3.23. The SMILES string of the molecule is COc1ccc2c(=O)c(OCCCN3CCOCC3)c(-c3ccc(OC)c(OC)c3)oc2c1. The first-order valence-electron chi connectivity index (χ1n) is 10.9. The van der Waals surface area contributed by atoms with Gasteiger partial charge in [0.05, 0.1) is 46.5 Å². The van der Waals surface area contributed by atoms with E-state index < -0.39 is 0 Å². The Balaban J connectivity index is 1.68. The Kier molecular flexibility index (Phi) is 7.36. The van der Waals surface area contributed by atoms with Crippen molar-refractivity contribution in [1.29, 1.82) is 0 Å². The first kappa shape index (κ1) is 22.9. The highest BCUT2D eigenvalue weighted by Crippen LogP contribution is 2.37. The molecule has 1 aliphatic heterocycles. The average Bonchev–Trinajstić information content (AvgIpc) is 2.87. The number of methoxy groups -OCH3 is 3. The molecule has 8 nitrogen and oxygen atoms in total. The maximum Gasteiger partial charge on any atom is 0.235 e. The van der Waals surface area contributed by atoms with Crippen LogP contribution in [0.5, 0.6) is 23.0 Å². The van der Waals surface area contributed by atoms with Gasteiger partial charge in [-0.1, -0.05) is 0 Å². The van der Waals surface area contributed by atoms with Gasteiger partial charge in [-0.05, 0) is 36.8 Å². The molecule has 0 saturated carbocycles. The molecule has 8 heteroatoms. The van der Waals surface area contributed by atoms with Crippen molar-refractivity contribution in [2.24, 2.45) is 0 Å². The maximum atomic E-state index is 13.4. The molecular formula is C25H29NO7. The normalized spacial score (nSPS) is 14.3. The van der Waals surface area contributed by atoms with E-state index in [0.29, 0.717) is 46.1 Å². The number of fused-ring (bicyclic) bond motifs is 1. The predicted octanol–water partition coefficient (Wildman–Crippen LogP) is 3.59. The van der Waals surface area contributed by atoms with Crippen molar-refractivity contribution in [3.05, 3.63) is 46.6 Å². The smallest absolute Gasteiger partial charge is 0.235 e. The third kappa shape index (κ3) is 5.07. The number of rotatable bonds is 9. The minimum absolute atomic E-state index is 0.182. The molecule has 2 aromatic carbocycles. The van der Waals surface area contributed by atoms with Crippen LogP contribution in [0.4, 0.5) is 0 Å². The summed E-state index contributed by atoms with van der Waals surface area (Å²) in [5.74, 6) is 2.23. The molecule has 2 heterocycles. The van der Waals surface area contributed by atoms with Crippen molar-refractivity contribution in [2.75, 3.05) is 60.8 Å². The summed E-state index contributed by atoms with van der Waals surface area (Å²) in [6, 6.07) is 10.5. The van der Waals surface area contributed by atoms with E-state index >= 15 is 0 Å². The van der Waals surface area contributed by atoms with Crippen molar-refractivity contribution >= 4 is 11.0 Å². The van der Waals surface area contributed by atoms with Crippen molar-refractivity contribution in [1.82, 2.24) is 4.90 Å². The number of hydrogen-bond donors (Lipinski definition) is 0. The van der Waals surface area contributed by atoms with Gasteiger partial charge >= 0.3 is 0 Å². The average molecular weight is 456 g/mol. The van der Waals surface area contributed by atoms with Crippen molar-refractivity contribution < 1.29 is 28.1 Å². The van der Waals surface area contributed by atoms with Crippen LogP contribution >= 0.6 is 0 Å². The van der Waals surface area contributed by atoms with E-state index in [1.54, 1.807) is 51.7 Å². The molecule has 0 bridgehead atoms. The van der Waals surface area contributed by atoms with Crippen LogP contribution in [0.2, 0.25) is 0 Å². The van der Waals surface area contributed by atoms with Crippen LogP contribution in [0.15, 0.2) is 45.6 Å². The van der Waals surface area contributed by atoms with Crippen molar-refractivity contribution in [2.45, 2.75) is 6.42 Å². The summed E-state index contributed by atoms with van der Waals surface area (Å²) in [5.41, 5.74) is 0.845.